The van der Waals surface area contributed by atoms with Gasteiger partial charge in [0.25, 0.3) is 5.69 Å². The molecule has 6 atom stereocenters. The second kappa shape index (κ2) is 16.6. The molecule has 304 valence electrons. The molecule has 2 fully saturated rings. The van der Waals surface area contributed by atoms with Crippen LogP contribution in [-0.4, -0.2) is 64.7 Å². The molecule has 2 amide bonds. The Hall–Kier alpha value is -7.16. The van der Waals surface area contributed by atoms with Crippen molar-refractivity contribution in [1.29, 1.82) is 0 Å². The first kappa shape index (κ1) is 39.7. The molecule has 3 aliphatic rings. The molecule has 14 heteroatoms. The van der Waals surface area contributed by atoms with E-state index in [0.29, 0.717) is 22.4 Å². The number of nitro groups is 1. The van der Waals surface area contributed by atoms with Gasteiger partial charge in [-0.05, 0) is 58.1 Å². The molecule has 0 aliphatic carbocycles. The maximum atomic E-state index is 15.9. The number of ether oxygens (including phenoxy) is 4. The third-order valence-electron chi connectivity index (χ3n) is 11.2. The number of benzene rings is 5. The summed E-state index contributed by atoms with van der Waals surface area (Å²) in [5.74, 6) is -3.78. The molecule has 8 rings (SSSR count). The first-order valence-corrected chi connectivity index (χ1v) is 19.2. The van der Waals surface area contributed by atoms with Gasteiger partial charge in [-0.1, -0.05) is 104 Å². The maximum absolute atomic E-state index is 15.9. The third kappa shape index (κ3) is 6.74. The number of carbonyl (C=O) groups excluding carboxylic acids is 4. The van der Waals surface area contributed by atoms with E-state index in [-0.39, 0.29) is 43.4 Å². The fraction of sp³-hybridized carbons (Fsp3) is 0.217. The molecule has 5 aromatic carbocycles. The van der Waals surface area contributed by atoms with E-state index in [1.165, 1.54) is 30.3 Å². The van der Waals surface area contributed by atoms with E-state index in [0.717, 1.165) is 10.5 Å². The smallest absolute Gasteiger partial charge is 0.421 e. The van der Waals surface area contributed by atoms with Gasteiger partial charge in [0.2, 0.25) is 5.91 Å². The number of para-hydroxylation sites is 1. The quantitative estimate of drug-likeness (QED) is 0.0465. The predicted octanol–water partition coefficient (Wildman–Crippen LogP) is 6.70. The molecule has 0 radical (unpaired) electrons. The van der Waals surface area contributed by atoms with Crippen LogP contribution in [0.3, 0.4) is 0 Å². The zero-order valence-corrected chi connectivity index (χ0v) is 32.1. The van der Waals surface area contributed by atoms with E-state index in [2.05, 4.69) is 6.58 Å². The van der Waals surface area contributed by atoms with Crippen molar-refractivity contribution in [1.82, 2.24) is 4.90 Å². The minimum atomic E-state index is -2.04. The average molecular weight is 810 g/mol. The normalized spacial score (nSPS) is 23.0. The first-order chi connectivity index (χ1) is 29.2. The fourth-order valence-electron chi connectivity index (χ4n) is 8.90. The van der Waals surface area contributed by atoms with Gasteiger partial charge >= 0.3 is 18.0 Å². The number of aliphatic hydroxyl groups is 1. The van der Waals surface area contributed by atoms with Crippen molar-refractivity contribution in [2.75, 3.05) is 24.7 Å². The second-order valence-corrected chi connectivity index (χ2v) is 14.5. The number of anilines is 1. The van der Waals surface area contributed by atoms with Crippen molar-refractivity contribution in [3.63, 3.8) is 0 Å². The summed E-state index contributed by atoms with van der Waals surface area (Å²) in [6.07, 6.45) is -0.627. The summed E-state index contributed by atoms with van der Waals surface area (Å²) >= 11 is 0. The minimum absolute atomic E-state index is 0.0344. The molecule has 0 saturated carbocycles. The van der Waals surface area contributed by atoms with E-state index in [1.54, 1.807) is 48.5 Å². The van der Waals surface area contributed by atoms with Crippen LogP contribution in [0.5, 0.6) is 5.75 Å². The SMILES string of the molecule is C=CCOC(=O)[C@@H]1[C@H]2C(=O)O[C@H](c3ccccc3)[C@H](c3ccccc3)N2[C@H](c2cccc(OCCO)c2)[C@@]12C(=O)N(C(=O)OCc1ccc([N+](=O)[O-])cc1)c1ccccc12. The topological polar surface area (TPSA) is 175 Å². The van der Waals surface area contributed by atoms with E-state index in [1.807, 2.05) is 65.6 Å². The maximum Gasteiger partial charge on any atom is 0.421 e. The zero-order chi connectivity index (χ0) is 42.0. The van der Waals surface area contributed by atoms with Crippen LogP contribution < -0.4 is 9.64 Å². The average Bonchev–Trinajstić information content (AvgIpc) is 3.74. The summed E-state index contributed by atoms with van der Waals surface area (Å²) in [7, 11) is 0. The Morgan fingerprint density at radius 2 is 1.50 bits per heavy atom. The summed E-state index contributed by atoms with van der Waals surface area (Å²) in [6.45, 7) is 2.81. The summed E-state index contributed by atoms with van der Waals surface area (Å²) in [4.78, 5) is 73.5. The number of esters is 2. The molecule has 0 unspecified atom stereocenters. The molecule has 3 heterocycles. The van der Waals surface area contributed by atoms with Gasteiger partial charge in [-0.25, -0.2) is 9.69 Å². The van der Waals surface area contributed by atoms with E-state index in [4.69, 9.17) is 18.9 Å². The van der Waals surface area contributed by atoms with Crippen LogP contribution in [0.4, 0.5) is 16.2 Å². The number of fused-ring (bicyclic) bond motifs is 3. The molecule has 60 heavy (non-hydrogen) atoms. The summed E-state index contributed by atoms with van der Waals surface area (Å²) in [5.41, 5.74) is 0.458. The molecule has 14 nitrogen and oxygen atoms in total. The van der Waals surface area contributed by atoms with Crippen LogP contribution in [0.2, 0.25) is 0 Å². The standard InChI is InChI=1S/C46H39N3O11/c1-2-25-58-42(51)37-39-43(52)60-40(31-14-7-4-8-15-31)38(30-12-5-3-6-13-30)48(39)41(32-16-11-17-34(27-32)57-26-24-50)46(37)35-18-9-10-19-36(35)47(44(46)53)45(54)59-28-29-20-22-33(23-21-29)49(55)56/h2-23,27,37-41,50H,1,24-26,28H2/t37-,38-,39-,40+,41+,46-/m0/s1. The van der Waals surface area contributed by atoms with Crippen LogP contribution in [0.1, 0.15) is 46.0 Å². The van der Waals surface area contributed by atoms with Crippen LogP contribution in [0.25, 0.3) is 0 Å². The Morgan fingerprint density at radius 3 is 2.18 bits per heavy atom. The van der Waals surface area contributed by atoms with Crippen molar-refractivity contribution in [3.05, 3.63) is 184 Å². The van der Waals surface area contributed by atoms with Crippen molar-refractivity contribution in [2.45, 2.75) is 36.3 Å². The number of aliphatic hydroxyl groups excluding tert-OH is 1. The number of morpholine rings is 1. The molecule has 0 bridgehead atoms. The lowest BCUT2D eigenvalue weighted by Crippen LogP contribution is -2.53. The lowest BCUT2D eigenvalue weighted by molar-refractivity contribution is -0.384. The molecule has 1 spiro atoms. The second-order valence-electron chi connectivity index (χ2n) is 14.5. The Morgan fingerprint density at radius 1 is 0.833 bits per heavy atom. The summed E-state index contributed by atoms with van der Waals surface area (Å²) in [6, 6.07) is 33.9. The molecule has 3 aliphatic heterocycles. The number of non-ortho nitro benzene ring substituents is 1. The zero-order valence-electron chi connectivity index (χ0n) is 32.1. The number of nitro benzene ring substituents is 1. The molecule has 0 aromatic heterocycles. The number of hydrogen-bond acceptors (Lipinski definition) is 12. The van der Waals surface area contributed by atoms with Gasteiger partial charge in [-0.3, -0.25) is 29.4 Å². The summed E-state index contributed by atoms with van der Waals surface area (Å²) < 4.78 is 23.8. The minimum Gasteiger partial charge on any atom is -0.491 e. The van der Waals surface area contributed by atoms with Crippen molar-refractivity contribution < 1.29 is 48.2 Å². The highest BCUT2D eigenvalue weighted by Crippen LogP contribution is 2.66. The highest BCUT2D eigenvalue weighted by atomic mass is 16.6. The Balaban J connectivity index is 1.36. The van der Waals surface area contributed by atoms with E-state index in [9.17, 15) is 29.6 Å². The molecule has 5 aromatic rings. The highest BCUT2D eigenvalue weighted by molar-refractivity contribution is 6.23. The number of hydrogen-bond donors (Lipinski definition) is 1. The van der Waals surface area contributed by atoms with Gasteiger partial charge in [-0.15, -0.1) is 0 Å². The first-order valence-electron chi connectivity index (χ1n) is 19.2. The van der Waals surface area contributed by atoms with Gasteiger partial charge < -0.3 is 24.1 Å². The molecule has 1 N–H and O–H groups in total. The van der Waals surface area contributed by atoms with Crippen molar-refractivity contribution >= 4 is 35.3 Å². The highest BCUT2D eigenvalue weighted by Gasteiger charge is 2.76. The lowest BCUT2D eigenvalue weighted by atomic mass is 9.65. The van der Waals surface area contributed by atoms with Crippen LogP contribution in [0.15, 0.2) is 146 Å². The fourth-order valence-corrected chi connectivity index (χ4v) is 8.90. The molecular weight excluding hydrogens is 771 g/mol. The number of cyclic esters (lactones) is 1. The van der Waals surface area contributed by atoms with E-state index < -0.39 is 64.4 Å². The Kier molecular flexibility index (Phi) is 11.0. The lowest BCUT2D eigenvalue weighted by Gasteiger charge is -2.46. The molecule has 2 saturated heterocycles. The van der Waals surface area contributed by atoms with Crippen molar-refractivity contribution in [2.24, 2.45) is 5.92 Å². The van der Waals surface area contributed by atoms with Crippen LogP contribution >= 0.6 is 0 Å². The largest absolute Gasteiger partial charge is 0.491 e. The van der Waals surface area contributed by atoms with Gasteiger partial charge in [-0.2, -0.15) is 0 Å². The van der Waals surface area contributed by atoms with Crippen LogP contribution in [0, 0.1) is 16.0 Å². The Bertz CT molecular complexity index is 2450. The predicted molar refractivity (Wildman–Crippen MR) is 215 cm³/mol. The van der Waals surface area contributed by atoms with Gasteiger partial charge in [0.15, 0.2) is 0 Å². The number of amides is 2. The monoisotopic (exact) mass is 809 g/mol. The molecular formula is C46H39N3O11. The van der Waals surface area contributed by atoms with Gasteiger partial charge in [0.05, 0.1) is 29.3 Å². The van der Waals surface area contributed by atoms with Gasteiger partial charge in [0, 0.05) is 12.1 Å². The van der Waals surface area contributed by atoms with Crippen molar-refractivity contribution in [3.8, 4) is 5.75 Å². The van der Waals surface area contributed by atoms with E-state index >= 15 is 4.79 Å². The van der Waals surface area contributed by atoms with Gasteiger partial charge in [0.1, 0.15) is 49.0 Å². The summed E-state index contributed by atoms with van der Waals surface area (Å²) in [5, 5.41) is 20.9. The Labute approximate surface area is 344 Å². The third-order valence-corrected chi connectivity index (χ3v) is 11.2. The number of nitrogens with zero attached hydrogens (tertiary/aromatic N) is 3. The number of imide groups is 1. The van der Waals surface area contributed by atoms with Crippen LogP contribution in [-0.2, 0) is 40.6 Å². The number of carbonyl (C=O) groups is 4. The number of rotatable bonds is 12.